The molecule has 3 rings (SSSR count). The van der Waals surface area contributed by atoms with Gasteiger partial charge < -0.3 is 19.4 Å². The predicted octanol–water partition coefficient (Wildman–Crippen LogP) is -1.72. The number of anilines is 1. The van der Waals surface area contributed by atoms with E-state index in [2.05, 4.69) is 65.7 Å². The van der Waals surface area contributed by atoms with Crippen molar-refractivity contribution in [3.05, 3.63) is 35.7 Å². The number of methoxy groups -OCH3 is 1. The standard InChI is InChI=1S/C19H31N7O/c1-5-24-10-12-25(13-11-24)18(16-6-8-17(9-7-16)23(2)3)19-20-21-22-26(19)14-15-27-4/h6-9,18H,5,10-15H2,1-4H3/p+2/t18-/m0/s1. The van der Waals surface area contributed by atoms with Crippen LogP contribution in [0, 0.1) is 0 Å². The Balaban J connectivity index is 1.91. The fourth-order valence-corrected chi connectivity index (χ4v) is 3.85. The minimum atomic E-state index is 0.145. The molecule has 0 spiro atoms. The second-order valence-electron chi connectivity index (χ2n) is 7.43. The van der Waals surface area contributed by atoms with Crippen molar-refractivity contribution in [1.82, 2.24) is 20.2 Å². The van der Waals surface area contributed by atoms with Crippen LogP contribution in [0.15, 0.2) is 24.3 Å². The number of likely N-dealkylation sites (N-methyl/N-ethyl adjacent to an activating group) is 1. The number of nitrogens with one attached hydrogen (secondary N) is 2. The van der Waals surface area contributed by atoms with Crippen LogP contribution in [0.25, 0.3) is 0 Å². The van der Waals surface area contributed by atoms with Crippen LogP contribution in [-0.2, 0) is 11.3 Å². The molecule has 0 bridgehead atoms. The van der Waals surface area contributed by atoms with E-state index in [4.69, 9.17) is 4.74 Å². The van der Waals surface area contributed by atoms with Crippen LogP contribution in [0.1, 0.15) is 24.4 Å². The Kier molecular flexibility index (Phi) is 6.76. The maximum absolute atomic E-state index is 5.24. The summed E-state index contributed by atoms with van der Waals surface area (Å²) in [5, 5.41) is 12.6. The van der Waals surface area contributed by atoms with Crippen molar-refractivity contribution in [2.24, 2.45) is 0 Å². The van der Waals surface area contributed by atoms with Crippen LogP contribution >= 0.6 is 0 Å². The van der Waals surface area contributed by atoms with E-state index in [0.29, 0.717) is 13.2 Å². The second-order valence-corrected chi connectivity index (χ2v) is 7.43. The van der Waals surface area contributed by atoms with Crippen molar-refractivity contribution >= 4 is 5.69 Å². The van der Waals surface area contributed by atoms with Gasteiger partial charge in [-0.2, -0.15) is 0 Å². The molecule has 1 aliphatic heterocycles. The van der Waals surface area contributed by atoms with Gasteiger partial charge in [0.1, 0.15) is 26.2 Å². The molecular weight excluding hydrogens is 342 g/mol. The highest BCUT2D eigenvalue weighted by molar-refractivity contribution is 5.46. The van der Waals surface area contributed by atoms with Gasteiger partial charge in [-0.15, -0.1) is 5.10 Å². The molecule has 8 heteroatoms. The van der Waals surface area contributed by atoms with Crippen molar-refractivity contribution in [3.8, 4) is 0 Å². The minimum absolute atomic E-state index is 0.145. The van der Waals surface area contributed by atoms with Crippen LogP contribution in [-0.4, -0.2) is 80.7 Å². The lowest BCUT2D eigenvalue weighted by molar-refractivity contribution is -1.02. The van der Waals surface area contributed by atoms with E-state index < -0.39 is 0 Å². The molecular formula is C19H33N7O+2. The quantitative estimate of drug-likeness (QED) is 0.575. The Labute approximate surface area is 161 Å². The van der Waals surface area contributed by atoms with Crippen molar-refractivity contribution in [2.75, 3.05) is 65.4 Å². The van der Waals surface area contributed by atoms with Crippen molar-refractivity contribution in [1.29, 1.82) is 0 Å². The van der Waals surface area contributed by atoms with E-state index in [-0.39, 0.29) is 6.04 Å². The van der Waals surface area contributed by atoms with Crippen LogP contribution in [0.2, 0.25) is 0 Å². The van der Waals surface area contributed by atoms with Crippen molar-refractivity contribution < 1.29 is 14.5 Å². The van der Waals surface area contributed by atoms with Gasteiger partial charge in [0.15, 0.2) is 6.04 Å². The summed E-state index contributed by atoms with van der Waals surface area (Å²) in [6, 6.07) is 8.95. The number of hydrogen-bond donors (Lipinski definition) is 2. The molecule has 1 atom stereocenters. The average molecular weight is 376 g/mol. The smallest absolute Gasteiger partial charge is 0.214 e. The summed E-state index contributed by atoms with van der Waals surface area (Å²) in [5.41, 5.74) is 2.47. The van der Waals surface area contributed by atoms with Gasteiger partial charge in [0.25, 0.3) is 0 Å². The van der Waals surface area contributed by atoms with E-state index >= 15 is 0 Å². The van der Waals surface area contributed by atoms with Gasteiger partial charge in [0.05, 0.1) is 19.7 Å². The second kappa shape index (κ2) is 9.25. The normalized spacial score (nSPS) is 21.2. The zero-order valence-electron chi connectivity index (χ0n) is 17.0. The Morgan fingerprint density at radius 3 is 2.44 bits per heavy atom. The Hall–Kier alpha value is -2.03. The Morgan fingerprint density at radius 2 is 1.85 bits per heavy atom. The molecule has 8 nitrogen and oxygen atoms in total. The van der Waals surface area contributed by atoms with Crippen molar-refractivity contribution in [3.63, 3.8) is 0 Å². The molecule has 0 unspecified atom stereocenters. The third kappa shape index (κ3) is 4.63. The molecule has 2 heterocycles. The van der Waals surface area contributed by atoms with Gasteiger partial charge in [-0.05, 0) is 29.5 Å². The lowest BCUT2D eigenvalue weighted by Crippen LogP contribution is -3.28. The van der Waals surface area contributed by atoms with E-state index in [1.807, 2.05) is 4.68 Å². The predicted molar refractivity (Wildman–Crippen MR) is 104 cm³/mol. The van der Waals surface area contributed by atoms with Crippen LogP contribution in [0.5, 0.6) is 0 Å². The highest BCUT2D eigenvalue weighted by Gasteiger charge is 2.35. The molecule has 1 aromatic heterocycles. The third-order valence-corrected chi connectivity index (χ3v) is 5.58. The van der Waals surface area contributed by atoms with E-state index in [9.17, 15) is 0 Å². The summed E-state index contributed by atoms with van der Waals surface area (Å²) >= 11 is 0. The maximum Gasteiger partial charge on any atom is 0.214 e. The average Bonchev–Trinajstić information content (AvgIpc) is 3.15. The van der Waals surface area contributed by atoms with Gasteiger partial charge in [0, 0.05) is 32.5 Å². The highest BCUT2D eigenvalue weighted by atomic mass is 16.5. The summed E-state index contributed by atoms with van der Waals surface area (Å²) in [7, 11) is 5.84. The van der Waals surface area contributed by atoms with Gasteiger partial charge in [0.2, 0.25) is 5.82 Å². The summed E-state index contributed by atoms with van der Waals surface area (Å²) in [5.74, 6) is 0.930. The summed E-state index contributed by atoms with van der Waals surface area (Å²) in [6.45, 7) is 9.37. The third-order valence-electron chi connectivity index (χ3n) is 5.58. The number of piperazine rings is 1. The van der Waals surface area contributed by atoms with Gasteiger partial charge in [-0.25, -0.2) is 4.68 Å². The van der Waals surface area contributed by atoms with Crippen molar-refractivity contribution in [2.45, 2.75) is 19.5 Å². The lowest BCUT2D eigenvalue weighted by atomic mass is 10.0. The minimum Gasteiger partial charge on any atom is -0.383 e. The Morgan fingerprint density at radius 1 is 1.15 bits per heavy atom. The molecule has 148 valence electrons. The first-order chi connectivity index (χ1) is 13.1. The number of rotatable bonds is 8. The molecule has 27 heavy (non-hydrogen) atoms. The monoisotopic (exact) mass is 375 g/mol. The fourth-order valence-electron chi connectivity index (χ4n) is 3.85. The van der Waals surface area contributed by atoms with E-state index in [0.717, 1.165) is 18.9 Å². The molecule has 2 N–H and O–H groups in total. The number of tetrazole rings is 1. The molecule has 0 aliphatic carbocycles. The molecule has 0 amide bonds. The summed E-state index contributed by atoms with van der Waals surface area (Å²) in [6.07, 6.45) is 0. The molecule has 0 saturated carbocycles. The first-order valence-corrected chi connectivity index (χ1v) is 9.84. The van der Waals surface area contributed by atoms with Crippen LogP contribution in [0.3, 0.4) is 0 Å². The first-order valence-electron chi connectivity index (χ1n) is 9.84. The SMILES string of the molecule is CC[NH+]1CC[NH+]([C@@H](c2ccc(N(C)C)cc2)c2nnnn2CCOC)CC1. The largest absolute Gasteiger partial charge is 0.383 e. The first kappa shape index (κ1) is 19.7. The molecule has 1 saturated heterocycles. The zero-order valence-corrected chi connectivity index (χ0v) is 17.0. The fraction of sp³-hybridized carbons (Fsp3) is 0.632. The molecule has 0 radical (unpaired) electrons. The van der Waals surface area contributed by atoms with Crippen LogP contribution < -0.4 is 14.7 Å². The number of nitrogens with zero attached hydrogens (tertiary/aromatic N) is 5. The maximum atomic E-state index is 5.24. The number of quaternary nitrogens is 2. The molecule has 1 aliphatic rings. The lowest BCUT2D eigenvalue weighted by Gasteiger charge is -2.34. The summed E-state index contributed by atoms with van der Waals surface area (Å²) in [4.78, 5) is 5.34. The molecule has 1 fully saturated rings. The zero-order chi connectivity index (χ0) is 19.2. The highest BCUT2D eigenvalue weighted by Crippen LogP contribution is 2.20. The van der Waals surface area contributed by atoms with E-state index in [1.54, 1.807) is 16.9 Å². The molecule has 2 aromatic rings. The van der Waals surface area contributed by atoms with E-state index in [1.165, 1.54) is 30.9 Å². The van der Waals surface area contributed by atoms with Gasteiger partial charge in [-0.3, -0.25) is 0 Å². The number of aromatic nitrogens is 4. The van der Waals surface area contributed by atoms with Gasteiger partial charge >= 0.3 is 0 Å². The topological polar surface area (TPSA) is 65.0 Å². The number of hydrogen-bond acceptors (Lipinski definition) is 5. The Bertz CT molecular complexity index is 692. The number of ether oxygens (including phenoxy) is 1. The van der Waals surface area contributed by atoms with Crippen LogP contribution in [0.4, 0.5) is 5.69 Å². The van der Waals surface area contributed by atoms with Gasteiger partial charge in [-0.1, -0.05) is 12.1 Å². The number of benzene rings is 1. The summed E-state index contributed by atoms with van der Waals surface area (Å²) < 4.78 is 7.14. The molecule has 1 aromatic carbocycles.